The first-order valence-corrected chi connectivity index (χ1v) is 9.64. The molecule has 4 rings (SSSR count). The van der Waals surface area contributed by atoms with E-state index in [4.69, 9.17) is 4.74 Å². The third-order valence-electron chi connectivity index (χ3n) is 6.19. The van der Waals surface area contributed by atoms with Gasteiger partial charge in [0.2, 0.25) is 0 Å². The van der Waals surface area contributed by atoms with Gasteiger partial charge in [0, 0.05) is 37.0 Å². The summed E-state index contributed by atoms with van der Waals surface area (Å²) in [5.74, 6) is -0.465. The number of aliphatic carboxylic acids is 1. The number of piperidine rings is 1. The molecule has 2 saturated heterocycles. The third-order valence-corrected chi connectivity index (χ3v) is 6.19. The number of anilines is 1. The van der Waals surface area contributed by atoms with Crippen LogP contribution >= 0.6 is 0 Å². The van der Waals surface area contributed by atoms with Gasteiger partial charge in [-0.1, -0.05) is 18.6 Å². The molecule has 1 aromatic rings. The number of ether oxygens (including phenoxy) is 1. The van der Waals surface area contributed by atoms with Crippen molar-refractivity contribution in [3.63, 3.8) is 0 Å². The fourth-order valence-electron chi connectivity index (χ4n) is 4.78. The number of hydrogen-bond donors (Lipinski definition) is 3. The van der Waals surface area contributed by atoms with Crippen LogP contribution in [0.1, 0.15) is 50.1 Å². The Bertz CT molecular complexity index is 597. The van der Waals surface area contributed by atoms with Crippen LogP contribution in [0.2, 0.25) is 0 Å². The van der Waals surface area contributed by atoms with E-state index in [1.54, 1.807) is 0 Å². The van der Waals surface area contributed by atoms with Crippen molar-refractivity contribution in [3.05, 3.63) is 29.8 Å². The molecule has 1 aliphatic carbocycles. The molecule has 3 fully saturated rings. The van der Waals surface area contributed by atoms with E-state index < -0.39 is 5.97 Å². The highest BCUT2D eigenvalue weighted by molar-refractivity contribution is 5.71. The predicted octanol–water partition coefficient (Wildman–Crippen LogP) is 3.18. The molecular formula is C20H28N2O3. The van der Waals surface area contributed by atoms with Crippen molar-refractivity contribution in [1.82, 2.24) is 5.32 Å². The van der Waals surface area contributed by atoms with Crippen molar-refractivity contribution >= 4 is 11.7 Å². The quantitative estimate of drug-likeness (QED) is 0.782. The lowest BCUT2D eigenvalue weighted by Crippen LogP contribution is -2.47. The van der Waals surface area contributed by atoms with Crippen LogP contribution in [-0.4, -0.2) is 36.4 Å². The first kappa shape index (κ1) is 16.9. The van der Waals surface area contributed by atoms with E-state index >= 15 is 0 Å². The molecule has 0 amide bonds. The van der Waals surface area contributed by atoms with Gasteiger partial charge in [-0.15, -0.1) is 0 Å². The highest BCUT2D eigenvalue weighted by atomic mass is 16.5. The number of rotatable bonds is 4. The SMILES string of the molecule is O=C(O)[C@@H]1C[C@@H]2CCC[C@@H]2N[C@@H]1c1ccc(NC2CCOCC2)cc1. The molecule has 0 unspecified atom stereocenters. The Kier molecular flexibility index (Phi) is 4.95. The monoisotopic (exact) mass is 344 g/mol. The average molecular weight is 344 g/mol. The van der Waals surface area contributed by atoms with E-state index in [-0.39, 0.29) is 12.0 Å². The second-order valence-electron chi connectivity index (χ2n) is 7.78. The maximum Gasteiger partial charge on any atom is 0.308 e. The number of hydrogen-bond acceptors (Lipinski definition) is 4. The summed E-state index contributed by atoms with van der Waals surface area (Å²) in [4.78, 5) is 11.8. The molecule has 2 aliphatic heterocycles. The molecule has 136 valence electrons. The standard InChI is InChI=1S/C20H28N2O3/c23-20(24)17-12-14-2-1-3-18(14)22-19(17)13-4-6-15(7-5-13)21-16-8-10-25-11-9-16/h4-7,14,16-19,21-22H,1-3,8-12H2,(H,23,24)/t14-,17+,18-,19+/m0/s1. The molecule has 0 aromatic heterocycles. The Morgan fingerprint density at radius 1 is 1.12 bits per heavy atom. The van der Waals surface area contributed by atoms with Gasteiger partial charge in [-0.2, -0.15) is 0 Å². The molecule has 1 saturated carbocycles. The molecule has 5 heteroatoms. The molecule has 0 radical (unpaired) electrons. The van der Waals surface area contributed by atoms with Crippen molar-refractivity contribution in [3.8, 4) is 0 Å². The summed E-state index contributed by atoms with van der Waals surface area (Å²) < 4.78 is 5.40. The molecule has 1 aromatic carbocycles. The lowest BCUT2D eigenvalue weighted by atomic mass is 9.79. The van der Waals surface area contributed by atoms with Gasteiger partial charge in [0.25, 0.3) is 0 Å². The van der Waals surface area contributed by atoms with Crippen molar-refractivity contribution in [2.24, 2.45) is 11.8 Å². The summed E-state index contributed by atoms with van der Waals surface area (Å²) in [6, 6.07) is 9.24. The van der Waals surface area contributed by atoms with Crippen LogP contribution < -0.4 is 10.6 Å². The number of nitrogens with one attached hydrogen (secondary N) is 2. The Hall–Kier alpha value is -1.59. The van der Waals surface area contributed by atoms with Gasteiger partial charge in [-0.05, 0) is 55.7 Å². The average Bonchev–Trinajstić information content (AvgIpc) is 3.10. The smallest absolute Gasteiger partial charge is 0.308 e. The van der Waals surface area contributed by atoms with E-state index in [9.17, 15) is 9.90 Å². The maximum atomic E-state index is 11.8. The zero-order chi connectivity index (χ0) is 17.2. The second kappa shape index (κ2) is 7.34. The van der Waals surface area contributed by atoms with Gasteiger partial charge in [0.05, 0.1) is 5.92 Å². The first-order valence-electron chi connectivity index (χ1n) is 9.64. The lowest BCUT2D eigenvalue weighted by Gasteiger charge is -2.38. The molecule has 0 bridgehead atoms. The fraction of sp³-hybridized carbons (Fsp3) is 0.650. The van der Waals surface area contributed by atoms with Gasteiger partial charge >= 0.3 is 5.97 Å². The normalized spacial score (nSPS) is 33.0. The highest BCUT2D eigenvalue weighted by Crippen LogP contribution is 2.41. The maximum absolute atomic E-state index is 11.8. The van der Waals surface area contributed by atoms with E-state index in [0.717, 1.165) is 43.7 Å². The van der Waals surface area contributed by atoms with Crippen LogP contribution in [0.3, 0.4) is 0 Å². The van der Waals surface area contributed by atoms with E-state index in [2.05, 4.69) is 34.9 Å². The molecule has 2 heterocycles. The van der Waals surface area contributed by atoms with E-state index in [0.29, 0.717) is 18.0 Å². The Balaban J connectivity index is 1.46. The van der Waals surface area contributed by atoms with Crippen molar-refractivity contribution in [1.29, 1.82) is 0 Å². The highest BCUT2D eigenvalue weighted by Gasteiger charge is 2.42. The number of carbonyl (C=O) groups is 1. The number of carboxylic acid groups (broad SMARTS) is 1. The lowest BCUT2D eigenvalue weighted by molar-refractivity contribution is -0.144. The van der Waals surface area contributed by atoms with Gasteiger partial charge in [0.15, 0.2) is 0 Å². The summed E-state index contributed by atoms with van der Waals surface area (Å²) >= 11 is 0. The number of carboxylic acids is 1. The molecule has 25 heavy (non-hydrogen) atoms. The van der Waals surface area contributed by atoms with Crippen LogP contribution in [0, 0.1) is 11.8 Å². The number of benzene rings is 1. The minimum Gasteiger partial charge on any atom is -0.481 e. The van der Waals surface area contributed by atoms with Crippen LogP contribution in [0.4, 0.5) is 5.69 Å². The number of fused-ring (bicyclic) bond motifs is 1. The summed E-state index contributed by atoms with van der Waals surface area (Å²) in [6.45, 7) is 1.65. The third kappa shape index (κ3) is 3.67. The van der Waals surface area contributed by atoms with E-state index in [1.165, 1.54) is 19.3 Å². The van der Waals surface area contributed by atoms with E-state index in [1.807, 2.05) is 0 Å². The van der Waals surface area contributed by atoms with Crippen LogP contribution in [0.25, 0.3) is 0 Å². The molecule has 3 N–H and O–H groups in total. The van der Waals surface area contributed by atoms with Crippen LogP contribution in [0.5, 0.6) is 0 Å². The van der Waals surface area contributed by atoms with Gasteiger partial charge in [-0.3, -0.25) is 4.79 Å². The Labute approximate surface area is 149 Å². The van der Waals surface area contributed by atoms with Gasteiger partial charge in [-0.25, -0.2) is 0 Å². The zero-order valence-corrected chi connectivity index (χ0v) is 14.6. The minimum atomic E-state index is -0.674. The fourth-order valence-corrected chi connectivity index (χ4v) is 4.78. The van der Waals surface area contributed by atoms with Gasteiger partial charge in [0.1, 0.15) is 0 Å². The predicted molar refractivity (Wildman–Crippen MR) is 96.7 cm³/mol. The van der Waals surface area contributed by atoms with Crippen molar-refractivity contribution in [2.45, 2.75) is 56.7 Å². The second-order valence-corrected chi connectivity index (χ2v) is 7.78. The molecule has 0 spiro atoms. The summed E-state index contributed by atoms with van der Waals surface area (Å²) in [6.07, 6.45) is 6.44. The summed E-state index contributed by atoms with van der Waals surface area (Å²) in [7, 11) is 0. The molecule has 4 atom stereocenters. The largest absolute Gasteiger partial charge is 0.481 e. The molecule has 3 aliphatic rings. The van der Waals surface area contributed by atoms with Crippen LogP contribution in [-0.2, 0) is 9.53 Å². The Morgan fingerprint density at radius 3 is 2.60 bits per heavy atom. The van der Waals surface area contributed by atoms with Crippen LogP contribution in [0.15, 0.2) is 24.3 Å². The summed E-state index contributed by atoms with van der Waals surface area (Å²) in [5.41, 5.74) is 2.20. The summed E-state index contributed by atoms with van der Waals surface area (Å²) in [5, 5.41) is 16.9. The minimum absolute atomic E-state index is 0.0750. The molecular weight excluding hydrogens is 316 g/mol. The topological polar surface area (TPSA) is 70.6 Å². The first-order chi connectivity index (χ1) is 12.2. The molecule has 5 nitrogen and oxygen atoms in total. The van der Waals surface area contributed by atoms with Crippen molar-refractivity contribution in [2.75, 3.05) is 18.5 Å². The Morgan fingerprint density at radius 2 is 1.88 bits per heavy atom. The zero-order valence-electron chi connectivity index (χ0n) is 14.6. The van der Waals surface area contributed by atoms with Gasteiger partial charge < -0.3 is 20.5 Å². The van der Waals surface area contributed by atoms with Crippen molar-refractivity contribution < 1.29 is 14.6 Å².